The van der Waals surface area contributed by atoms with Crippen LogP contribution < -0.4 is 9.47 Å². The number of rotatable bonds is 6. The molecule has 0 saturated heterocycles. The zero-order valence-electron chi connectivity index (χ0n) is 13.8. The van der Waals surface area contributed by atoms with E-state index in [-0.39, 0.29) is 35.9 Å². The number of aromatic nitrogens is 1. The lowest BCUT2D eigenvalue weighted by atomic mass is 10.2. The second kappa shape index (κ2) is 8.55. The standard InChI is InChI=1S/C17H13F6NO2S/c1-11-8-14(25-6-3-7-27-17(21,22)23)24-15(9-11)26-13-5-2-4-12(10-13)16(18,19)20/h2-5,7-10H,6H2,1H3. The molecule has 27 heavy (non-hydrogen) atoms. The number of pyridine rings is 1. The van der Waals surface area contributed by atoms with Gasteiger partial charge in [-0.25, -0.2) is 0 Å². The third-order valence-corrected chi connectivity index (χ3v) is 3.53. The number of thioether (sulfide) groups is 1. The molecule has 10 heteroatoms. The van der Waals surface area contributed by atoms with E-state index in [0.29, 0.717) is 5.56 Å². The molecule has 0 fully saturated rings. The highest BCUT2D eigenvalue weighted by Gasteiger charge is 2.30. The quantitative estimate of drug-likeness (QED) is 0.521. The predicted molar refractivity (Wildman–Crippen MR) is 88.8 cm³/mol. The molecule has 0 radical (unpaired) electrons. The van der Waals surface area contributed by atoms with Crippen LogP contribution in [0, 0.1) is 6.92 Å². The van der Waals surface area contributed by atoms with E-state index >= 15 is 0 Å². The summed E-state index contributed by atoms with van der Waals surface area (Å²) in [5.74, 6) is 0.00644. The van der Waals surface area contributed by atoms with Crippen LogP contribution in [-0.2, 0) is 6.18 Å². The SMILES string of the molecule is Cc1cc(OCC=CSC(F)(F)F)nc(Oc2cccc(C(F)(F)F)c2)c1. The number of aryl methyl sites for hydroxylation is 1. The smallest absolute Gasteiger partial charge is 0.445 e. The molecule has 0 aliphatic carbocycles. The summed E-state index contributed by atoms with van der Waals surface area (Å²) in [4.78, 5) is 3.98. The lowest BCUT2D eigenvalue weighted by Crippen LogP contribution is -2.04. The van der Waals surface area contributed by atoms with Gasteiger partial charge in [-0.1, -0.05) is 6.07 Å². The van der Waals surface area contributed by atoms with Crippen molar-refractivity contribution in [1.29, 1.82) is 0 Å². The molecule has 146 valence electrons. The van der Waals surface area contributed by atoms with Gasteiger partial charge in [0, 0.05) is 12.1 Å². The Balaban J connectivity index is 2.05. The summed E-state index contributed by atoms with van der Waals surface area (Å²) in [7, 11) is 0. The van der Waals surface area contributed by atoms with Gasteiger partial charge in [0.05, 0.1) is 5.56 Å². The maximum Gasteiger partial charge on any atom is 0.445 e. The topological polar surface area (TPSA) is 31.4 Å². The van der Waals surface area contributed by atoms with Crippen molar-refractivity contribution in [3.63, 3.8) is 0 Å². The molecular formula is C17H13F6NO2S. The number of nitrogens with zero attached hydrogens (tertiary/aromatic N) is 1. The summed E-state index contributed by atoms with van der Waals surface area (Å²) < 4.78 is 84.8. The summed E-state index contributed by atoms with van der Waals surface area (Å²) >= 11 is -0.317. The first-order valence-corrected chi connectivity index (χ1v) is 8.27. The zero-order valence-corrected chi connectivity index (χ0v) is 14.6. The molecule has 2 aromatic rings. The number of hydrogen-bond acceptors (Lipinski definition) is 4. The predicted octanol–water partition coefficient (Wildman–Crippen LogP) is 6.35. The number of halogens is 6. The van der Waals surface area contributed by atoms with E-state index in [4.69, 9.17) is 9.47 Å². The van der Waals surface area contributed by atoms with Crippen molar-refractivity contribution in [2.75, 3.05) is 6.61 Å². The van der Waals surface area contributed by atoms with Crippen LogP contribution in [0.1, 0.15) is 11.1 Å². The first kappa shape index (κ1) is 20.9. The van der Waals surface area contributed by atoms with Crippen molar-refractivity contribution in [3.05, 3.63) is 59.0 Å². The Labute approximate surface area is 155 Å². The van der Waals surface area contributed by atoms with Crippen molar-refractivity contribution >= 4 is 11.8 Å². The third kappa shape index (κ3) is 7.41. The van der Waals surface area contributed by atoms with Gasteiger partial charge in [-0.05, 0) is 53.9 Å². The van der Waals surface area contributed by atoms with Crippen LogP contribution in [-0.4, -0.2) is 17.1 Å². The van der Waals surface area contributed by atoms with Crippen LogP contribution in [0.4, 0.5) is 26.3 Å². The van der Waals surface area contributed by atoms with Crippen LogP contribution in [0.25, 0.3) is 0 Å². The largest absolute Gasteiger partial charge is 0.473 e. The van der Waals surface area contributed by atoms with Crippen LogP contribution in [0.2, 0.25) is 0 Å². The van der Waals surface area contributed by atoms with E-state index in [0.717, 1.165) is 23.6 Å². The van der Waals surface area contributed by atoms with Gasteiger partial charge < -0.3 is 9.47 Å². The second-order valence-corrected chi connectivity index (χ2v) is 6.17. The van der Waals surface area contributed by atoms with Crippen molar-refractivity contribution in [2.45, 2.75) is 18.6 Å². The normalized spacial score (nSPS) is 12.4. The number of hydrogen-bond donors (Lipinski definition) is 0. The molecule has 1 aromatic carbocycles. The average molecular weight is 409 g/mol. The summed E-state index contributed by atoms with van der Waals surface area (Å²) in [5.41, 5.74) is -4.59. The summed E-state index contributed by atoms with van der Waals surface area (Å²) in [6.45, 7) is 1.52. The Kier molecular flexibility index (Phi) is 6.63. The van der Waals surface area contributed by atoms with Gasteiger partial charge in [-0.3, -0.25) is 0 Å². The summed E-state index contributed by atoms with van der Waals surface area (Å²) in [5, 5.41) is 0.843. The van der Waals surface area contributed by atoms with Crippen molar-refractivity contribution in [1.82, 2.24) is 4.98 Å². The van der Waals surface area contributed by atoms with Crippen molar-refractivity contribution < 1.29 is 35.8 Å². The highest BCUT2D eigenvalue weighted by atomic mass is 32.2. The minimum absolute atomic E-state index is 0.00188. The Morgan fingerprint density at radius 2 is 1.74 bits per heavy atom. The maximum absolute atomic E-state index is 12.7. The molecule has 0 aliphatic rings. The fraction of sp³-hybridized carbons (Fsp3) is 0.235. The molecule has 0 aliphatic heterocycles. The molecule has 0 atom stereocenters. The van der Waals surface area contributed by atoms with E-state index in [9.17, 15) is 26.3 Å². The molecule has 3 nitrogen and oxygen atoms in total. The first-order chi connectivity index (χ1) is 12.5. The minimum atomic E-state index is -4.51. The molecular weight excluding hydrogens is 396 g/mol. The first-order valence-electron chi connectivity index (χ1n) is 7.39. The lowest BCUT2D eigenvalue weighted by Gasteiger charge is -2.11. The molecule has 2 rings (SSSR count). The number of alkyl halides is 6. The van der Waals surface area contributed by atoms with Crippen molar-refractivity contribution in [3.8, 4) is 17.5 Å². The number of ether oxygens (including phenoxy) is 2. The molecule has 1 heterocycles. The Morgan fingerprint density at radius 1 is 1.04 bits per heavy atom. The van der Waals surface area contributed by atoms with Crippen LogP contribution >= 0.6 is 11.8 Å². The Hall–Kier alpha value is -2.36. The van der Waals surface area contributed by atoms with Crippen LogP contribution in [0.3, 0.4) is 0 Å². The van der Waals surface area contributed by atoms with Crippen LogP contribution in [0.5, 0.6) is 17.5 Å². The van der Waals surface area contributed by atoms with Gasteiger partial charge in [-0.15, -0.1) is 0 Å². The average Bonchev–Trinajstić information content (AvgIpc) is 2.52. The lowest BCUT2D eigenvalue weighted by molar-refractivity contribution is -0.137. The summed E-state index contributed by atoms with van der Waals surface area (Å²) in [6, 6.07) is 7.30. The highest BCUT2D eigenvalue weighted by molar-refractivity contribution is 8.02. The van der Waals surface area contributed by atoms with Gasteiger partial charge in [-0.2, -0.15) is 31.3 Å². The zero-order chi connectivity index (χ0) is 20.1. The third-order valence-electron chi connectivity index (χ3n) is 2.93. The molecule has 0 unspecified atom stereocenters. The Morgan fingerprint density at radius 3 is 2.41 bits per heavy atom. The minimum Gasteiger partial charge on any atom is -0.473 e. The molecule has 0 N–H and O–H groups in total. The molecule has 0 bridgehead atoms. The fourth-order valence-corrected chi connectivity index (χ4v) is 2.21. The van der Waals surface area contributed by atoms with E-state index in [1.54, 1.807) is 6.92 Å². The molecule has 1 aromatic heterocycles. The van der Waals surface area contributed by atoms with E-state index < -0.39 is 17.2 Å². The maximum atomic E-state index is 12.7. The molecule has 0 spiro atoms. The van der Waals surface area contributed by atoms with Gasteiger partial charge >= 0.3 is 11.7 Å². The van der Waals surface area contributed by atoms with Crippen LogP contribution in [0.15, 0.2) is 47.9 Å². The molecule has 0 saturated carbocycles. The second-order valence-electron chi connectivity index (χ2n) is 5.20. The Bertz CT molecular complexity index is 805. The van der Waals surface area contributed by atoms with Gasteiger partial charge in [0.2, 0.25) is 11.8 Å². The van der Waals surface area contributed by atoms with Gasteiger partial charge in [0.1, 0.15) is 12.4 Å². The van der Waals surface area contributed by atoms with E-state index in [2.05, 4.69) is 4.98 Å². The van der Waals surface area contributed by atoms with Gasteiger partial charge in [0.15, 0.2) is 0 Å². The summed E-state index contributed by atoms with van der Waals surface area (Å²) in [6.07, 6.45) is -3.34. The molecule has 0 amide bonds. The van der Waals surface area contributed by atoms with E-state index in [1.807, 2.05) is 0 Å². The highest BCUT2D eigenvalue weighted by Crippen LogP contribution is 2.33. The number of benzene rings is 1. The van der Waals surface area contributed by atoms with E-state index in [1.165, 1.54) is 24.3 Å². The van der Waals surface area contributed by atoms with Gasteiger partial charge in [0.25, 0.3) is 0 Å². The van der Waals surface area contributed by atoms with Crippen molar-refractivity contribution in [2.24, 2.45) is 0 Å². The monoisotopic (exact) mass is 409 g/mol. The fourth-order valence-electron chi connectivity index (χ4n) is 1.89.